The van der Waals surface area contributed by atoms with Gasteiger partial charge in [-0.05, 0) is 76.2 Å². The van der Waals surface area contributed by atoms with Gasteiger partial charge in [0.25, 0.3) is 0 Å². The molecule has 0 spiro atoms. The van der Waals surface area contributed by atoms with E-state index in [-0.39, 0.29) is 22.3 Å². The van der Waals surface area contributed by atoms with Crippen LogP contribution in [0.25, 0.3) is 0 Å². The molecule has 0 unspecified atom stereocenters. The van der Waals surface area contributed by atoms with Crippen molar-refractivity contribution in [3.05, 3.63) is 142 Å². The predicted octanol–water partition coefficient (Wildman–Crippen LogP) is -0.982. The first-order valence-corrected chi connectivity index (χ1v) is 39.8. The van der Waals surface area contributed by atoms with Gasteiger partial charge in [0.15, 0.2) is 73.8 Å². The highest BCUT2D eigenvalue weighted by Crippen LogP contribution is 2.35. The van der Waals surface area contributed by atoms with Crippen molar-refractivity contribution >= 4 is 113 Å². The molecule has 0 aliphatic carbocycles. The van der Waals surface area contributed by atoms with Gasteiger partial charge in [0.2, 0.25) is 41.4 Å². The van der Waals surface area contributed by atoms with E-state index in [1.165, 1.54) is 48.5 Å². The second-order valence-corrected chi connectivity index (χ2v) is 29.5. The summed E-state index contributed by atoms with van der Waals surface area (Å²) < 4.78 is 103. The molecule has 4 fully saturated rings. The van der Waals surface area contributed by atoms with Crippen LogP contribution in [0.15, 0.2) is 97.1 Å². The Balaban J connectivity index is 1.11. The molecule has 0 bridgehead atoms. The van der Waals surface area contributed by atoms with Crippen LogP contribution < -0.4 is 37.2 Å². The van der Waals surface area contributed by atoms with Crippen LogP contribution in [0.2, 0.25) is 0 Å². The van der Waals surface area contributed by atoms with E-state index in [9.17, 15) is 91.1 Å². The van der Waals surface area contributed by atoms with Crippen LogP contribution in [-0.4, -0.2) is 289 Å². The van der Waals surface area contributed by atoms with Gasteiger partial charge in [0.1, 0.15) is 76.1 Å². The van der Waals surface area contributed by atoms with Crippen LogP contribution in [0.5, 0.6) is 0 Å². The molecule has 44 nitrogen and oxygen atoms in total. The van der Waals surface area contributed by atoms with Gasteiger partial charge in [0, 0.05) is 88.0 Å². The molecule has 44 heteroatoms. The maximum atomic E-state index is 14.9. The van der Waals surface area contributed by atoms with Crippen molar-refractivity contribution < 1.29 is 176 Å². The average molecular weight is 1800 g/mol. The Bertz CT molecular complexity index is 4700. The summed E-state index contributed by atoms with van der Waals surface area (Å²) in [4.78, 5) is 257. The summed E-state index contributed by atoms with van der Waals surface area (Å²) in [6.07, 6.45) is -28.1. The molecule has 7 amide bonds. The summed E-state index contributed by atoms with van der Waals surface area (Å²) >= 11 is 0. The lowest BCUT2D eigenvalue weighted by atomic mass is 9.97. The number of esters is 12. The Morgan fingerprint density at radius 2 is 0.555 bits per heavy atom. The minimum Gasteiger partial charge on any atom is -0.463 e. The molecule has 4 aromatic carbocycles. The summed E-state index contributed by atoms with van der Waals surface area (Å²) in [7, 11) is 0. The number of hydrogen-bond donors (Lipinski definition) is 7. The van der Waals surface area contributed by atoms with Crippen molar-refractivity contribution in [1.29, 1.82) is 0 Å². The van der Waals surface area contributed by atoms with Crippen LogP contribution in [0.1, 0.15) is 125 Å². The van der Waals surface area contributed by atoms with Gasteiger partial charge in [-0.15, -0.1) is 0 Å². The molecule has 0 saturated carbocycles. The summed E-state index contributed by atoms with van der Waals surface area (Å²) in [5.41, 5.74) is 2.83. The number of nitrogens with one attached hydrogen (secondary N) is 7. The fourth-order valence-corrected chi connectivity index (χ4v) is 13.0. The minimum atomic E-state index is -2.11. The Morgan fingerprint density at radius 3 is 0.875 bits per heavy atom. The maximum Gasteiger partial charge on any atom is 0.338 e. The number of ether oxygens (including phenoxy) is 18. The summed E-state index contributed by atoms with van der Waals surface area (Å²) in [5.74, 6) is -20.4. The molecule has 4 aromatic rings. The third kappa shape index (κ3) is 30.7. The normalized spacial score (nSPS) is 24.9. The highest BCUT2D eigenvalue weighted by Gasteiger charge is 2.57. The van der Waals surface area contributed by atoms with Crippen molar-refractivity contribution in [3.63, 3.8) is 0 Å². The van der Waals surface area contributed by atoms with Crippen molar-refractivity contribution in [2.75, 3.05) is 65.8 Å². The SMILES string of the molecule is CC(=O)OC[C@H]1O[C@H](OCC(=O)N[C@H]2CNC(=O)CCNC(=O)[C@@H](NC(=O)CO[C@@H]3O[C@H](COC(=O)c4ccc(C)cc4)[C@H](OC(=O)c4ccc(C)cc4)[C@H](OC(=O)c4ccc(C)cc4)[C@H]3OC(=O)c3ccc(C)cc3)CNC(=O)[C@@H](NC(=O)CO[C@@H]3O[C@H](COC(C)=O)[C@@H](OC(C)=O)[C@H](OC(C)=O)[C@H]3OC(C)=O)CNC2=O)[C@@H](OC(C)=O)[C@@H](OC(C)=O)[C@@H]1OC(C)=O. The highest BCUT2D eigenvalue weighted by molar-refractivity contribution is 5.95. The van der Waals surface area contributed by atoms with Crippen LogP contribution in [0.4, 0.5) is 0 Å². The van der Waals surface area contributed by atoms with Crippen molar-refractivity contribution in [2.24, 2.45) is 0 Å². The standard InChI is InChI=1S/C84H99N7O37/c1-40-13-21-52(22-14-40)78(107)113-36-61-68(126-79(108)53-23-15-41(2)16-24-53)71(127-80(109)54-25-17-42(3)18-26-54)74(128-81(110)55-27-19-43(4)20-28-55)84(125-61)116-39-64(102)90-57-32-87-77(106)58(91-65(103)38-115-83-73(122-51(12)99)70(120-49(10)97)67(118-47(8)95)60(124-83)35-112-45(6)93)33-88-76(105)56(31-86-62(100)29-30-85-75(57)104)89-63(101)37-114-82-72(121-50(11)98)69(119-48(9)96)66(117-46(7)94)59(123-82)34-111-44(5)92/h13-28,56-61,66-74,82-84H,29-39H2,1-12H3,(H,85,104)(H,86,100)(H,87,106)(H,88,105)(H,89,101)(H,90,102)(H,91,103)/t56-,57-,58-,59+,60+,61+,66+,67+,68-,69-,70-,71-,72-,73+,74+,82-,83+,84+/m0/s1. The third-order valence-electron chi connectivity index (χ3n) is 19.0. The molecule has 4 saturated heterocycles. The van der Waals surface area contributed by atoms with E-state index in [0.717, 1.165) is 72.1 Å². The maximum absolute atomic E-state index is 14.9. The number of aryl methyl sites for hydroxylation is 4. The summed E-state index contributed by atoms with van der Waals surface area (Å²) in [5, 5.41) is 16.6. The first-order valence-electron chi connectivity index (χ1n) is 39.8. The van der Waals surface area contributed by atoms with Crippen LogP contribution in [0.3, 0.4) is 0 Å². The summed E-state index contributed by atoms with van der Waals surface area (Å²) in [6, 6.07) is 18.3. The van der Waals surface area contributed by atoms with E-state index in [4.69, 9.17) is 85.3 Å². The predicted molar refractivity (Wildman–Crippen MR) is 425 cm³/mol. The Kier molecular flexibility index (Phi) is 37.3. The van der Waals surface area contributed by atoms with E-state index in [2.05, 4.69) is 37.2 Å². The van der Waals surface area contributed by atoms with Crippen LogP contribution in [-0.2, 0) is 157 Å². The number of carbonyl (C=O) groups excluding carboxylic acids is 19. The number of amides is 7. The van der Waals surface area contributed by atoms with Gasteiger partial charge in [-0.25, -0.2) is 19.2 Å². The molecule has 8 rings (SSSR count). The van der Waals surface area contributed by atoms with Gasteiger partial charge in [0.05, 0.1) is 22.3 Å². The van der Waals surface area contributed by atoms with Gasteiger partial charge < -0.3 is 122 Å². The Hall–Kier alpha value is -13.4. The molecule has 4 aliphatic heterocycles. The van der Waals surface area contributed by atoms with Gasteiger partial charge >= 0.3 is 71.6 Å². The molecule has 692 valence electrons. The third-order valence-corrected chi connectivity index (χ3v) is 19.0. The molecule has 18 atom stereocenters. The number of rotatable bonds is 31. The quantitative estimate of drug-likeness (QED) is 0.0235. The monoisotopic (exact) mass is 1800 g/mol. The molecule has 0 radical (unpaired) electrons. The highest BCUT2D eigenvalue weighted by atomic mass is 16.8. The zero-order valence-corrected chi connectivity index (χ0v) is 71.5. The molecule has 4 heterocycles. The average Bonchev–Trinajstić information content (AvgIpc) is 0.794. The lowest BCUT2D eigenvalue weighted by Gasteiger charge is -2.44. The fraction of sp³-hybridized carbons (Fsp3) is 0.488. The lowest BCUT2D eigenvalue weighted by molar-refractivity contribution is -0.306. The first-order chi connectivity index (χ1) is 60.7. The Labute approximate surface area is 730 Å². The summed E-state index contributed by atoms with van der Waals surface area (Å²) in [6.45, 7) is 5.39. The zero-order valence-electron chi connectivity index (χ0n) is 71.5. The van der Waals surface area contributed by atoms with Crippen LogP contribution >= 0.6 is 0 Å². The topological polar surface area (TPSA) is 575 Å². The van der Waals surface area contributed by atoms with E-state index >= 15 is 0 Å². The molecule has 0 aromatic heterocycles. The fourth-order valence-electron chi connectivity index (χ4n) is 13.0. The minimum absolute atomic E-state index is 0.0304. The van der Waals surface area contributed by atoms with E-state index in [1.807, 2.05) is 0 Å². The van der Waals surface area contributed by atoms with Gasteiger partial charge in [-0.3, -0.25) is 71.9 Å². The Morgan fingerprint density at radius 1 is 0.305 bits per heavy atom. The van der Waals surface area contributed by atoms with Gasteiger partial charge in [-0.2, -0.15) is 0 Å². The number of carbonyl (C=O) groups is 19. The van der Waals surface area contributed by atoms with E-state index < -0.39 is 295 Å². The smallest absolute Gasteiger partial charge is 0.338 e. The van der Waals surface area contributed by atoms with Crippen molar-refractivity contribution in [2.45, 2.75) is 200 Å². The molecular formula is C84H99N7O37. The second-order valence-electron chi connectivity index (χ2n) is 29.5. The van der Waals surface area contributed by atoms with Gasteiger partial charge in [-0.1, -0.05) is 70.8 Å². The van der Waals surface area contributed by atoms with Crippen LogP contribution in [0, 0.1) is 27.7 Å². The number of benzene rings is 4. The van der Waals surface area contributed by atoms with E-state index in [1.54, 1.807) is 76.2 Å². The first kappa shape index (κ1) is 100.0. The lowest BCUT2D eigenvalue weighted by Crippen LogP contribution is -2.63. The molecular weight excluding hydrogens is 1700 g/mol. The van der Waals surface area contributed by atoms with Crippen molar-refractivity contribution in [3.8, 4) is 0 Å². The molecule has 4 aliphatic rings. The van der Waals surface area contributed by atoms with Crippen molar-refractivity contribution in [1.82, 2.24) is 37.2 Å². The van der Waals surface area contributed by atoms with E-state index in [0.29, 0.717) is 5.56 Å². The second kappa shape index (κ2) is 47.8. The molecule has 7 N–H and O–H groups in total. The zero-order chi connectivity index (χ0) is 93.8. The largest absolute Gasteiger partial charge is 0.463 e. The molecule has 128 heavy (non-hydrogen) atoms. The number of hydrogen-bond acceptors (Lipinski definition) is 37.